The Hall–Kier alpha value is -2.56. The van der Waals surface area contributed by atoms with E-state index in [1.54, 1.807) is 21.5 Å². The van der Waals surface area contributed by atoms with Crippen LogP contribution >= 0.6 is 0 Å². The molecule has 1 aromatic carbocycles. The third-order valence-corrected chi connectivity index (χ3v) is 4.06. The zero-order chi connectivity index (χ0) is 15.1. The number of imidazole rings is 1. The van der Waals surface area contributed by atoms with E-state index in [1.807, 2.05) is 37.3 Å². The van der Waals surface area contributed by atoms with Gasteiger partial charge in [0, 0.05) is 24.4 Å². The maximum Gasteiger partial charge on any atom is 0.333 e. The molecule has 0 spiro atoms. The van der Waals surface area contributed by atoms with Gasteiger partial charge in [-0.15, -0.1) is 0 Å². The monoisotopic (exact) mass is 295 g/mol. The van der Waals surface area contributed by atoms with Gasteiger partial charge in [0.15, 0.2) is 5.76 Å². The van der Waals surface area contributed by atoms with Crippen molar-refractivity contribution in [2.24, 2.45) is 0 Å². The Balaban J connectivity index is 1.60. The highest BCUT2D eigenvalue weighted by molar-refractivity contribution is 5.34. The lowest BCUT2D eigenvalue weighted by Gasteiger charge is -2.01. The van der Waals surface area contributed by atoms with Crippen molar-refractivity contribution in [3.63, 3.8) is 0 Å². The average molecular weight is 295 g/mol. The summed E-state index contributed by atoms with van der Waals surface area (Å²) in [5.41, 5.74) is 2.98. The minimum Gasteiger partial charge on any atom is -0.359 e. The topological polar surface area (TPSA) is 53.0 Å². The molecule has 1 saturated carbocycles. The quantitative estimate of drug-likeness (QED) is 0.743. The smallest absolute Gasteiger partial charge is 0.333 e. The second-order valence-corrected chi connectivity index (χ2v) is 5.91. The van der Waals surface area contributed by atoms with Crippen LogP contribution in [0.1, 0.15) is 35.8 Å². The predicted molar refractivity (Wildman–Crippen MR) is 82.3 cm³/mol. The van der Waals surface area contributed by atoms with Crippen molar-refractivity contribution < 1.29 is 4.52 Å². The van der Waals surface area contributed by atoms with Crippen LogP contribution in [0.3, 0.4) is 0 Å². The summed E-state index contributed by atoms with van der Waals surface area (Å²) < 4.78 is 8.61. The fourth-order valence-corrected chi connectivity index (χ4v) is 2.58. The van der Waals surface area contributed by atoms with E-state index in [0.717, 1.165) is 17.1 Å². The Bertz CT molecular complexity index is 851. The molecule has 5 heteroatoms. The Labute approximate surface area is 127 Å². The first-order valence-corrected chi connectivity index (χ1v) is 7.51. The molecule has 0 radical (unpaired) electrons. The van der Waals surface area contributed by atoms with E-state index >= 15 is 0 Å². The summed E-state index contributed by atoms with van der Waals surface area (Å²) in [6.45, 7) is 2.44. The largest absolute Gasteiger partial charge is 0.359 e. The van der Waals surface area contributed by atoms with Gasteiger partial charge in [-0.1, -0.05) is 22.9 Å². The maximum absolute atomic E-state index is 12.5. The fourth-order valence-electron chi connectivity index (χ4n) is 2.58. The molecule has 4 rings (SSSR count). The lowest BCUT2D eigenvalue weighted by atomic mass is 10.2. The first-order chi connectivity index (χ1) is 10.7. The van der Waals surface area contributed by atoms with Gasteiger partial charge in [-0.05, 0) is 31.9 Å². The number of aromatic nitrogens is 3. The summed E-state index contributed by atoms with van der Waals surface area (Å²) in [7, 11) is 0. The Morgan fingerprint density at radius 1 is 1.23 bits per heavy atom. The molecule has 0 amide bonds. The van der Waals surface area contributed by atoms with Crippen molar-refractivity contribution in [2.75, 3.05) is 0 Å². The first kappa shape index (κ1) is 13.1. The molecule has 22 heavy (non-hydrogen) atoms. The van der Waals surface area contributed by atoms with E-state index in [0.29, 0.717) is 12.5 Å². The fraction of sp³-hybridized carbons (Fsp3) is 0.294. The molecule has 1 aliphatic rings. The summed E-state index contributed by atoms with van der Waals surface area (Å²) in [6.07, 6.45) is 5.94. The summed E-state index contributed by atoms with van der Waals surface area (Å²) >= 11 is 0. The summed E-state index contributed by atoms with van der Waals surface area (Å²) in [6, 6.07) is 9.85. The highest BCUT2D eigenvalue weighted by Gasteiger charge is 2.27. The van der Waals surface area contributed by atoms with Crippen LogP contribution in [0.4, 0.5) is 0 Å². The number of benzene rings is 1. The molecular formula is C17H17N3O2. The van der Waals surface area contributed by atoms with Crippen molar-refractivity contribution in [2.45, 2.75) is 32.2 Å². The van der Waals surface area contributed by atoms with E-state index < -0.39 is 0 Å². The number of nitrogens with zero attached hydrogens (tertiary/aromatic N) is 3. The normalized spacial score (nSPS) is 14.4. The Morgan fingerprint density at radius 2 is 2.00 bits per heavy atom. The molecule has 2 aromatic heterocycles. The van der Waals surface area contributed by atoms with Crippen LogP contribution in [0.15, 0.2) is 52.0 Å². The van der Waals surface area contributed by atoms with Gasteiger partial charge >= 0.3 is 5.69 Å². The zero-order valence-corrected chi connectivity index (χ0v) is 12.4. The standard InChI is InChI=1S/C17H17N3O2/c1-12-2-6-14(7-3-12)20-9-8-19(17(20)21)11-15-10-16(18-22-15)13-4-5-13/h2-3,6-10,13H,4-5,11H2,1H3. The van der Waals surface area contributed by atoms with Crippen LogP contribution in [0.2, 0.25) is 0 Å². The third kappa shape index (κ3) is 2.39. The molecule has 2 heterocycles. The van der Waals surface area contributed by atoms with E-state index in [9.17, 15) is 4.79 Å². The molecule has 0 saturated heterocycles. The third-order valence-electron chi connectivity index (χ3n) is 4.06. The van der Waals surface area contributed by atoms with Gasteiger partial charge in [-0.3, -0.25) is 9.13 Å². The second-order valence-electron chi connectivity index (χ2n) is 5.91. The molecule has 0 bridgehead atoms. The number of rotatable bonds is 4. The van der Waals surface area contributed by atoms with Gasteiger partial charge in [0.25, 0.3) is 0 Å². The van der Waals surface area contributed by atoms with Gasteiger partial charge < -0.3 is 4.52 Å². The highest BCUT2D eigenvalue weighted by atomic mass is 16.5. The summed E-state index contributed by atoms with van der Waals surface area (Å²) in [5.74, 6) is 1.29. The molecule has 1 aliphatic carbocycles. The predicted octanol–water partition coefficient (Wildman–Crippen LogP) is 2.86. The van der Waals surface area contributed by atoms with E-state index in [-0.39, 0.29) is 5.69 Å². The number of hydrogen-bond acceptors (Lipinski definition) is 3. The molecule has 3 aromatic rings. The minimum atomic E-state index is -0.0757. The molecule has 0 unspecified atom stereocenters. The van der Waals surface area contributed by atoms with E-state index in [1.165, 1.54) is 18.4 Å². The average Bonchev–Trinajstić information content (AvgIpc) is 3.17. The van der Waals surface area contributed by atoms with Gasteiger partial charge in [0.1, 0.15) is 0 Å². The van der Waals surface area contributed by atoms with Gasteiger partial charge in [0.2, 0.25) is 0 Å². The number of hydrogen-bond donors (Lipinski definition) is 0. The Morgan fingerprint density at radius 3 is 2.73 bits per heavy atom. The Kier molecular flexibility index (Phi) is 2.99. The van der Waals surface area contributed by atoms with Crippen molar-refractivity contribution in [1.82, 2.24) is 14.3 Å². The molecule has 1 fully saturated rings. The highest BCUT2D eigenvalue weighted by Crippen LogP contribution is 2.39. The van der Waals surface area contributed by atoms with Gasteiger partial charge in [-0.25, -0.2) is 4.79 Å². The van der Waals surface area contributed by atoms with Crippen molar-refractivity contribution in [1.29, 1.82) is 0 Å². The van der Waals surface area contributed by atoms with E-state index in [2.05, 4.69) is 5.16 Å². The van der Waals surface area contributed by atoms with Crippen LogP contribution < -0.4 is 5.69 Å². The van der Waals surface area contributed by atoms with Crippen molar-refractivity contribution >= 4 is 0 Å². The summed E-state index contributed by atoms with van der Waals surface area (Å²) in [5, 5.41) is 4.08. The summed E-state index contributed by atoms with van der Waals surface area (Å²) in [4.78, 5) is 12.5. The van der Waals surface area contributed by atoms with Crippen LogP contribution in [0, 0.1) is 6.92 Å². The maximum atomic E-state index is 12.5. The zero-order valence-electron chi connectivity index (χ0n) is 12.4. The lowest BCUT2D eigenvalue weighted by Crippen LogP contribution is -2.23. The molecule has 5 nitrogen and oxygen atoms in total. The van der Waals surface area contributed by atoms with Crippen molar-refractivity contribution in [3.05, 3.63) is 70.2 Å². The van der Waals surface area contributed by atoms with Crippen LogP contribution in [0.5, 0.6) is 0 Å². The SMILES string of the molecule is Cc1ccc(-n2ccn(Cc3cc(C4CC4)no3)c2=O)cc1. The molecule has 0 N–H and O–H groups in total. The molecule has 0 aliphatic heterocycles. The molecular weight excluding hydrogens is 278 g/mol. The number of aryl methyl sites for hydroxylation is 1. The molecule has 0 atom stereocenters. The van der Waals surface area contributed by atoms with Crippen molar-refractivity contribution in [3.8, 4) is 5.69 Å². The van der Waals surface area contributed by atoms with E-state index in [4.69, 9.17) is 4.52 Å². The second kappa shape index (κ2) is 5.02. The molecule has 112 valence electrons. The van der Waals surface area contributed by atoms with Gasteiger partial charge in [0.05, 0.1) is 17.9 Å². The van der Waals surface area contributed by atoms with Crippen LogP contribution in [-0.4, -0.2) is 14.3 Å². The lowest BCUT2D eigenvalue weighted by molar-refractivity contribution is 0.369. The first-order valence-electron chi connectivity index (χ1n) is 7.51. The van der Waals surface area contributed by atoms with Crippen LogP contribution in [-0.2, 0) is 6.54 Å². The minimum absolute atomic E-state index is 0.0757. The van der Waals surface area contributed by atoms with Gasteiger partial charge in [-0.2, -0.15) is 0 Å². The van der Waals surface area contributed by atoms with Crippen LogP contribution in [0.25, 0.3) is 5.69 Å².